The van der Waals surface area contributed by atoms with Crippen molar-refractivity contribution in [2.24, 2.45) is 0 Å². The van der Waals surface area contributed by atoms with Crippen molar-refractivity contribution in [2.75, 3.05) is 36.8 Å². The lowest BCUT2D eigenvalue weighted by atomic mass is 10.2. The average Bonchev–Trinajstić information content (AvgIpc) is 2.47. The number of nitrogens with zero attached hydrogens (tertiary/aromatic N) is 2. The first-order valence-corrected chi connectivity index (χ1v) is 8.09. The van der Waals surface area contributed by atoms with Gasteiger partial charge in [-0.05, 0) is 18.2 Å². The van der Waals surface area contributed by atoms with E-state index >= 15 is 0 Å². The predicted molar refractivity (Wildman–Crippen MR) is 74.0 cm³/mol. The highest BCUT2D eigenvalue weighted by Crippen LogP contribution is 2.24. The van der Waals surface area contributed by atoms with Crippen molar-refractivity contribution in [1.29, 1.82) is 0 Å². The van der Waals surface area contributed by atoms with Crippen LogP contribution in [0.3, 0.4) is 0 Å². The van der Waals surface area contributed by atoms with Gasteiger partial charge in [0.05, 0.1) is 16.3 Å². The molecule has 5 nitrogen and oxygen atoms in total. The highest BCUT2D eigenvalue weighted by molar-refractivity contribution is 7.91. The molecule has 0 radical (unpaired) electrons. The number of sulfone groups is 1. The lowest BCUT2D eigenvalue weighted by molar-refractivity contribution is -0.118. The van der Waals surface area contributed by atoms with E-state index in [1.807, 2.05) is 4.90 Å². The number of hydrogen-bond donors (Lipinski definition) is 0. The van der Waals surface area contributed by atoms with Gasteiger partial charge < -0.3 is 9.80 Å². The van der Waals surface area contributed by atoms with E-state index in [0.717, 1.165) is 12.5 Å². The molecule has 2 rings (SSSR count). The molecule has 1 aliphatic heterocycles. The molecule has 1 aromatic rings. The molecule has 0 spiro atoms. The van der Waals surface area contributed by atoms with Crippen molar-refractivity contribution in [1.82, 2.24) is 4.90 Å². The predicted octanol–water partition coefficient (Wildman–Crippen LogP) is 0.898. The molecule has 7 heteroatoms. The summed E-state index contributed by atoms with van der Waals surface area (Å²) in [6, 6.07) is 4.00. The minimum Gasteiger partial charge on any atom is -0.366 e. The Morgan fingerprint density at radius 1 is 1.25 bits per heavy atom. The number of carbonyl (C=O) groups is 1. The highest BCUT2D eigenvalue weighted by Gasteiger charge is 2.20. The fraction of sp³-hybridized carbons (Fsp3) is 0.462. The van der Waals surface area contributed by atoms with Crippen molar-refractivity contribution in [3.63, 3.8) is 0 Å². The number of benzene rings is 1. The number of anilines is 1. The monoisotopic (exact) mass is 300 g/mol. The first kappa shape index (κ1) is 14.8. The summed E-state index contributed by atoms with van der Waals surface area (Å²) >= 11 is 0. The van der Waals surface area contributed by atoms with Crippen LogP contribution in [-0.4, -0.2) is 51.7 Å². The van der Waals surface area contributed by atoms with Gasteiger partial charge in [0.25, 0.3) is 0 Å². The van der Waals surface area contributed by atoms with Gasteiger partial charge in [0.1, 0.15) is 5.82 Å². The van der Waals surface area contributed by atoms with Gasteiger partial charge in [0, 0.05) is 26.2 Å². The molecule has 1 amide bonds. The minimum atomic E-state index is -3.39. The summed E-state index contributed by atoms with van der Waals surface area (Å²) < 4.78 is 37.5. The number of rotatable bonds is 4. The van der Waals surface area contributed by atoms with Crippen molar-refractivity contribution in [3.8, 4) is 0 Å². The largest absolute Gasteiger partial charge is 0.366 e. The summed E-state index contributed by atoms with van der Waals surface area (Å²) in [6.07, 6.45) is 0.782. The zero-order valence-corrected chi connectivity index (χ0v) is 12.1. The Labute approximate surface area is 117 Å². The normalized spacial score (nSPS) is 16.3. The quantitative estimate of drug-likeness (QED) is 0.775. The third-order valence-corrected chi connectivity index (χ3v) is 5.19. The third kappa shape index (κ3) is 2.92. The van der Waals surface area contributed by atoms with Crippen LogP contribution in [0, 0.1) is 5.82 Å². The first-order chi connectivity index (χ1) is 9.47. The third-order valence-electron chi connectivity index (χ3n) is 3.46. The molecule has 1 saturated heterocycles. The van der Waals surface area contributed by atoms with Crippen LogP contribution in [0.4, 0.5) is 10.1 Å². The lowest BCUT2D eigenvalue weighted by Gasteiger charge is -2.34. The van der Waals surface area contributed by atoms with Crippen molar-refractivity contribution < 1.29 is 17.6 Å². The molecular formula is C13H17FN2O3S. The summed E-state index contributed by atoms with van der Waals surface area (Å²) in [7, 11) is -3.39. The summed E-state index contributed by atoms with van der Waals surface area (Å²) in [5.41, 5.74) is 0.380. The van der Waals surface area contributed by atoms with Gasteiger partial charge >= 0.3 is 0 Å². The molecule has 1 aromatic carbocycles. The Morgan fingerprint density at radius 3 is 2.40 bits per heavy atom. The van der Waals surface area contributed by atoms with E-state index in [2.05, 4.69) is 0 Å². The summed E-state index contributed by atoms with van der Waals surface area (Å²) in [4.78, 5) is 14.1. The van der Waals surface area contributed by atoms with E-state index in [-0.39, 0.29) is 10.6 Å². The van der Waals surface area contributed by atoms with Crippen LogP contribution in [0.15, 0.2) is 23.1 Å². The molecule has 0 aromatic heterocycles. The molecule has 20 heavy (non-hydrogen) atoms. The topological polar surface area (TPSA) is 57.7 Å². The second-order valence-corrected chi connectivity index (χ2v) is 6.92. The van der Waals surface area contributed by atoms with Crippen LogP contribution in [-0.2, 0) is 14.6 Å². The average molecular weight is 300 g/mol. The van der Waals surface area contributed by atoms with E-state index in [1.165, 1.54) is 19.1 Å². The van der Waals surface area contributed by atoms with Crippen LogP contribution < -0.4 is 4.90 Å². The fourth-order valence-corrected chi connectivity index (χ4v) is 3.06. The summed E-state index contributed by atoms with van der Waals surface area (Å²) in [6.45, 7) is 3.68. The van der Waals surface area contributed by atoms with Crippen molar-refractivity contribution >= 4 is 21.9 Å². The molecule has 0 aliphatic carbocycles. The van der Waals surface area contributed by atoms with Gasteiger partial charge in [-0.25, -0.2) is 12.8 Å². The molecule has 0 atom stereocenters. The maximum atomic E-state index is 14.1. The van der Waals surface area contributed by atoms with Gasteiger partial charge in [-0.1, -0.05) is 6.92 Å². The fourth-order valence-electron chi connectivity index (χ4n) is 2.17. The van der Waals surface area contributed by atoms with E-state index in [0.29, 0.717) is 31.9 Å². The second kappa shape index (κ2) is 5.78. The molecule has 0 saturated carbocycles. The zero-order chi connectivity index (χ0) is 14.8. The highest BCUT2D eigenvalue weighted by atomic mass is 32.2. The van der Waals surface area contributed by atoms with E-state index in [4.69, 9.17) is 0 Å². The maximum absolute atomic E-state index is 14.1. The van der Waals surface area contributed by atoms with Crippen LogP contribution in [0.25, 0.3) is 0 Å². The molecule has 1 fully saturated rings. The Morgan fingerprint density at radius 2 is 1.90 bits per heavy atom. The van der Waals surface area contributed by atoms with E-state index < -0.39 is 15.7 Å². The summed E-state index contributed by atoms with van der Waals surface area (Å²) in [5.74, 6) is -0.594. The van der Waals surface area contributed by atoms with E-state index in [9.17, 15) is 17.6 Å². The standard InChI is InChI=1S/C13H17FN2O3S/c1-2-20(18,19)11-3-4-13(12(14)9-11)16-7-5-15(10-17)6-8-16/h3-4,9-10H,2,5-8H2,1H3. The number of amides is 1. The number of piperazine rings is 1. The van der Waals surface area contributed by atoms with Gasteiger partial charge in [0.15, 0.2) is 9.84 Å². The van der Waals surface area contributed by atoms with Crippen LogP contribution >= 0.6 is 0 Å². The SMILES string of the molecule is CCS(=O)(=O)c1ccc(N2CCN(C=O)CC2)c(F)c1. The number of halogens is 1. The van der Waals surface area contributed by atoms with Gasteiger partial charge in [-0.3, -0.25) is 4.79 Å². The van der Waals surface area contributed by atoms with Crippen molar-refractivity contribution in [2.45, 2.75) is 11.8 Å². The lowest BCUT2D eigenvalue weighted by Crippen LogP contribution is -2.46. The van der Waals surface area contributed by atoms with Gasteiger partial charge in [-0.15, -0.1) is 0 Å². The van der Waals surface area contributed by atoms with Crippen LogP contribution in [0.2, 0.25) is 0 Å². The van der Waals surface area contributed by atoms with Crippen LogP contribution in [0.5, 0.6) is 0 Å². The molecule has 0 N–H and O–H groups in total. The molecule has 1 aliphatic rings. The smallest absolute Gasteiger partial charge is 0.209 e. The minimum absolute atomic E-state index is 0.00720. The molecule has 110 valence electrons. The van der Waals surface area contributed by atoms with E-state index in [1.54, 1.807) is 4.90 Å². The van der Waals surface area contributed by atoms with Gasteiger partial charge in [0.2, 0.25) is 6.41 Å². The Hall–Kier alpha value is -1.63. The molecule has 0 bridgehead atoms. The Kier molecular flexibility index (Phi) is 4.27. The first-order valence-electron chi connectivity index (χ1n) is 6.44. The molecule has 0 unspecified atom stereocenters. The summed E-state index contributed by atoms with van der Waals surface area (Å²) in [5, 5.41) is 0. The van der Waals surface area contributed by atoms with Gasteiger partial charge in [-0.2, -0.15) is 0 Å². The Balaban J connectivity index is 2.21. The molecule has 1 heterocycles. The second-order valence-electron chi connectivity index (χ2n) is 4.65. The molecular weight excluding hydrogens is 283 g/mol. The number of hydrogen-bond acceptors (Lipinski definition) is 4. The Bertz CT molecular complexity index is 596. The maximum Gasteiger partial charge on any atom is 0.209 e. The van der Waals surface area contributed by atoms with Crippen LogP contribution in [0.1, 0.15) is 6.92 Å². The number of carbonyl (C=O) groups excluding carboxylic acids is 1. The van der Waals surface area contributed by atoms with Crippen molar-refractivity contribution in [3.05, 3.63) is 24.0 Å². The zero-order valence-electron chi connectivity index (χ0n) is 11.3.